The zero-order chi connectivity index (χ0) is 14.9. The standard InChI is InChI=1S/C16H22N2O3/c17-11-16(20)8-14-7-6-13(16)9-18(14)15(19)21-10-12-4-2-1-3-5-12/h1-5,13-14,20H,6-11,17H2. The average Bonchev–Trinajstić information content (AvgIpc) is 2.54. The van der Waals surface area contributed by atoms with Crippen LogP contribution in [0.15, 0.2) is 30.3 Å². The van der Waals surface area contributed by atoms with Gasteiger partial charge in [0.1, 0.15) is 6.61 Å². The molecule has 3 aliphatic rings. The van der Waals surface area contributed by atoms with Gasteiger partial charge in [0.25, 0.3) is 0 Å². The minimum Gasteiger partial charge on any atom is -0.445 e. The molecule has 1 aliphatic carbocycles. The number of nitrogens with zero attached hydrogens (tertiary/aromatic N) is 1. The van der Waals surface area contributed by atoms with Crippen LogP contribution in [0.1, 0.15) is 24.8 Å². The minimum atomic E-state index is -0.806. The topological polar surface area (TPSA) is 75.8 Å². The van der Waals surface area contributed by atoms with E-state index in [1.54, 1.807) is 4.90 Å². The number of fused-ring (bicyclic) bond motifs is 3. The first-order valence-corrected chi connectivity index (χ1v) is 7.52. The van der Waals surface area contributed by atoms with E-state index in [0.29, 0.717) is 13.0 Å². The zero-order valence-corrected chi connectivity index (χ0v) is 12.1. The fraction of sp³-hybridized carbons (Fsp3) is 0.562. The molecule has 5 heteroatoms. The smallest absolute Gasteiger partial charge is 0.410 e. The maximum absolute atomic E-state index is 12.3. The lowest BCUT2D eigenvalue weighted by Gasteiger charge is -2.53. The number of ether oxygens (including phenoxy) is 1. The van der Waals surface area contributed by atoms with Crippen molar-refractivity contribution in [1.82, 2.24) is 4.90 Å². The zero-order valence-electron chi connectivity index (χ0n) is 12.1. The van der Waals surface area contributed by atoms with Crippen molar-refractivity contribution in [3.63, 3.8) is 0 Å². The molecule has 4 rings (SSSR count). The molecular formula is C16H22N2O3. The molecule has 2 saturated heterocycles. The molecule has 114 valence electrons. The Kier molecular flexibility index (Phi) is 3.87. The monoisotopic (exact) mass is 290 g/mol. The molecule has 3 atom stereocenters. The Hall–Kier alpha value is -1.59. The van der Waals surface area contributed by atoms with Gasteiger partial charge in [-0.15, -0.1) is 0 Å². The molecule has 1 amide bonds. The highest BCUT2D eigenvalue weighted by Crippen LogP contribution is 2.41. The van der Waals surface area contributed by atoms with Crippen LogP contribution in [-0.4, -0.2) is 40.8 Å². The fourth-order valence-electron chi connectivity index (χ4n) is 3.53. The van der Waals surface area contributed by atoms with Gasteiger partial charge in [-0.2, -0.15) is 0 Å². The summed E-state index contributed by atoms with van der Waals surface area (Å²) in [5, 5.41) is 10.5. The van der Waals surface area contributed by atoms with Crippen LogP contribution >= 0.6 is 0 Å². The van der Waals surface area contributed by atoms with E-state index in [1.807, 2.05) is 30.3 Å². The summed E-state index contributed by atoms with van der Waals surface area (Å²) in [6, 6.07) is 9.70. The molecule has 21 heavy (non-hydrogen) atoms. The van der Waals surface area contributed by atoms with Crippen LogP contribution < -0.4 is 5.73 Å². The molecule has 2 bridgehead atoms. The van der Waals surface area contributed by atoms with Gasteiger partial charge in [0.05, 0.1) is 5.60 Å². The highest BCUT2D eigenvalue weighted by atomic mass is 16.6. The van der Waals surface area contributed by atoms with Crippen LogP contribution in [0.5, 0.6) is 0 Å². The van der Waals surface area contributed by atoms with E-state index in [4.69, 9.17) is 10.5 Å². The second-order valence-electron chi connectivity index (χ2n) is 6.13. The van der Waals surface area contributed by atoms with Crippen molar-refractivity contribution in [2.75, 3.05) is 13.1 Å². The van der Waals surface area contributed by atoms with E-state index in [0.717, 1.165) is 18.4 Å². The van der Waals surface area contributed by atoms with Crippen molar-refractivity contribution in [1.29, 1.82) is 0 Å². The van der Waals surface area contributed by atoms with Crippen LogP contribution in [0, 0.1) is 5.92 Å². The Morgan fingerprint density at radius 3 is 2.76 bits per heavy atom. The third-order valence-corrected chi connectivity index (χ3v) is 4.85. The van der Waals surface area contributed by atoms with Crippen molar-refractivity contribution in [2.24, 2.45) is 11.7 Å². The van der Waals surface area contributed by atoms with Crippen molar-refractivity contribution in [2.45, 2.75) is 37.5 Å². The van der Waals surface area contributed by atoms with E-state index in [2.05, 4.69) is 0 Å². The van der Waals surface area contributed by atoms with Crippen LogP contribution in [-0.2, 0) is 11.3 Å². The van der Waals surface area contributed by atoms with Crippen molar-refractivity contribution < 1.29 is 14.6 Å². The molecule has 0 spiro atoms. The fourth-order valence-corrected chi connectivity index (χ4v) is 3.53. The predicted molar refractivity (Wildman–Crippen MR) is 78.5 cm³/mol. The van der Waals surface area contributed by atoms with Crippen LogP contribution in [0.25, 0.3) is 0 Å². The maximum Gasteiger partial charge on any atom is 0.410 e. The second kappa shape index (κ2) is 5.66. The number of hydrogen-bond donors (Lipinski definition) is 2. The molecule has 1 aromatic carbocycles. The summed E-state index contributed by atoms with van der Waals surface area (Å²) in [7, 11) is 0. The van der Waals surface area contributed by atoms with Gasteiger partial charge in [0, 0.05) is 25.0 Å². The number of benzene rings is 1. The number of rotatable bonds is 3. The number of piperidine rings is 2. The molecular weight excluding hydrogens is 268 g/mol. The Labute approximate surface area is 124 Å². The quantitative estimate of drug-likeness (QED) is 0.884. The van der Waals surface area contributed by atoms with Crippen molar-refractivity contribution in [3.05, 3.63) is 35.9 Å². The molecule has 1 saturated carbocycles. The van der Waals surface area contributed by atoms with Crippen LogP contribution in [0.2, 0.25) is 0 Å². The summed E-state index contributed by atoms with van der Waals surface area (Å²) < 4.78 is 5.40. The van der Waals surface area contributed by atoms with Crippen molar-refractivity contribution >= 4 is 6.09 Å². The van der Waals surface area contributed by atoms with Gasteiger partial charge in [0.15, 0.2) is 0 Å². The number of carbonyl (C=O) groups is 1. The van der Waals surface area contributed by atoms with Gasteiger partial charge >= 0.3 is 6.09 Å². The Bertz CT molecular complexity index is 508. The summed E-state index contributed by atoms with van der Waals surface area (Å²) in [6.45, 7) is 1.10. The third kappa shape index (κ3) is 2.76. The number of aliphatic hydroxyl groups is 1. The molecule has 3 fully saturated rings. The molecule has 5 nitrogen and oxygen atoms in total. The largest absolute Gasteiger partial charge is 0.445 e. The normalized spacial score (nSPS) is 31.2. The number of nitrogens with two attached hydrogens (primary N) is 1. The number of amides is 1. The molecule has 0 radical (unpaired) electrons. The average molecular weight is 290 g/mol. The SMILES string of the molecule is NCC1(O)CC2CCC1CN2C(=O)OCc1ccccc1. The van der Waals surface area contributed by atoms with E-state index in [-0.39, 0.29) is 31.2 Å². The number of hydrogen-bond acceptors (Lipinski definition) is 4. The summed E-state index contributed by atoms with van der Waals surface area (Å²) in [4.78, 5) is 14.0. The molecule has 2 heterocycles. The van der Waals surface area contributed by atoms with E-state index in [1.165, 1.54) is 0 Å². The van der Waals surface area contributed by atoms with Crippen molar-refractivity contribution in [3.8, 4) is 0 Å². The predicted octanol–water partition coefficient (Wildman–Crippen LogP) is 1.50. The lowest BCUT2D eigenvalue weighted by atomic mass is 9.69. The lowest BCUT2D eigenvalue weighted by Crippen LogP contribution is -2.64. The van der Waals surface area contributed by atoms with Gasteiger partial charge < -0.3 is 20.5 Å². The van der Waals surface area contributed by atoms with Gasteiger partial charge in [-0.3, -0.25) is 0 Å². The first kappa shape index (κ1) is 14.4. The summed E-state index contributed by atoms with van der Waals surface area (Å²) in [6.07, 6.45) is 2.13. The molecule has 3 N–H and O–H groups in total. The van der Waals surface area contributed by atoms with Gasteiger partial charge in [0.2, 0.25) is 0 Å². The van der Waals surface area contributed by atoms with Crippen LogP contribution in [0.3, 0.4) is 0 Å². The Morgan fingerprint density at radius 1 is 1.38 bits per heavy atom. The Morgan fingerprint density at radius 2 is 2.14 bits per heavy atom. The first-order valence-electron chi connectivity index (χ1n) is 7.52. The number of carbonyl (C=O) groups excluding carboxylic acids is 1. The van der Waals surface area contributed by atoms with Crippen LogP contribution in [0.4, 0.5) is 4.79 Å². The summed E-state index contributed by atoms with van der Waals surface area (Å²) >= 11 is 0. The minimum absolute atomic E-state index is 0.0480. The van der Waals surface area contributed by atoms with E-state index < -0.39 is 5.60 Å². The van der Waals surface area contributed by atoms with Gasteiger partial charge in [-0.25, -0.2) is 4.79 Å². The maximum atomic E-state index is 12.3. The summed E-state index contributed by atoms with van der Waals surface area (Å²) in [5.74, 6) is 0.0665. The second-order valence-corrected chi connectivity index (χ2v) is 6.13. The van der Waals surface area contributed by atoms with Gasteiger partial charge in [-0.1, -0.05) is 30.3 Å². The molecule has 0 aromatic heterocycles. The van der Waals surface area contributed by atoms with Gasteiger partial charge in [-0.05, 0) is 24.8 Å². The lowest BCUT2D eigenvalue weighted by molar-refractivity contribution is -0.114. The molecule has 2 aliphatic heterocycles. The Balaban J connectivity index is 1.60. The molecule has 3 unspecified atom stereocenters. The van der Waals surface area contributed by atoms with E-state index in [9.17, 15) is 9.90 Å². The molecule has 1 aromatic rings. The summed E-state index contributed by atoms with van der Waals surface area (Å²) in [5.41, 5.74) is 5.87. The third-order valence-electron chi connectivity index (χ3n) is 4.85. The highest BCUT2D eigenvalue weighted by molar-refractivity contribution is 5.68. The van der Waals surface area contributed by atoms with E-state index >= 15 is 0 Å². The highest BCUT2D eigenvalue weighted by Gasteiger charge is 2.50. The first-order chi connectivity index (χ1) is 10.1.